The van der Waals surface area contributed by atoms with Crippen molar-refractivity contribution in [3.63, 3.8) is 0 Å². The molecule has 0 saturated heterocycles. The number of nitrogens with zero attached hydrogens (tertiary/aromatic N) is 1. The topological polar surface area (TPSA) is 77.6 Å². The maximum atomic E-state index is 9.47. The minimum Gasteiger partial charge on any atom is -0.506 e. The van der Waals surface area contributed by atoms with Gasteiger partial charge in [-0.15, -0.1) is 0 Å². The fourth-order valence-electron chi connectivity index (χ4n) is 1.42. The van der Waals surface area contributed by atoms with Crippen molar-refractivity contribution in [2.75, 3.05) is 12.3 Å². The highest BCUT2D eigenvalue weighted by Gasteiger charge is 2.07. The van der Waals surface area contributed by atoms with E-state index in [0.29, 0.717) is 24.1 Å². The van der Waals surface area contributed by atoms with Gasteiger partial charge in [-0.25, -0.2) is 0 Å². The third kappa shape index (κ3) is 2.63. The summed E-state index contributed by atoms with van der Waals surface area (Å²) in [6, 6.07) is 9.99. The molecule has 0 spiro atoms. The first-order chi connectivity index (χ1) is 8.70. The Hall–Kier alpha value is -2.43. The maximum absolute atomic E-state index is 9.47. The summed E-state index contributed by atoms with van der Waals surface area (Å²) >= 11 is 0. The van der Waals surface area contributed by atoms with Crippen LogP contribution in [0.1, 0.15) is 6.92 Å². The van der Waals surface area contributed by atoms with E-state index in [2.05, 4.69) is 4.98 Å². The van der Waals surface area contributed by atoms with Crippen LogP contribution in [0, 0.1) is 0 Å². The van der Waals surface area contributed by atoms with Crippen LogP contribution in [0.3, 0.4) is 0 Å². The molecule has 2 rings (SSSR count). The summed E-state index contributed by atoms with van der Waals surface area (Å²) in [6.07, 6.45) is 0. The van der Waals surface area contributed by atoms with Crippen LogP contribution in [0.5, 0.6) is 23.3 Å². The lowest BCUT2D eigenvalue weighted by Crippen LogP contribution is -1.97. The zero-order chi connectivity index (χ0) is 13.0. The summed E-state index contributed by atoms with van der Waals surface area (Å²) in [7, 11) is 0. The number of nitrogen functional groups attached to an aromatic ring is 1. The molecule has 3 N–H and O–H groups in total. The number of hydrogen-bond acceptors (Lipinski definition) is 5. The predicted octanol–water partition coefficient (Wildman–Crippen LogP) is 2.56. The Labute approximate surface area is 105 Å². The Morgan fingerprint density at radius 1 is 1.17 bits per heavy atom. The Kier molecular flexibility index (Phi) is 3.52. The van der Waals surface area contributed by atoms with Gasteiger partial charge in [0.1, 0.15) is 11.4 Å². The number of aromatic nitrogens is 1. The molecule has 0 fully saturated rings. The van der Waals surface area contributed by atoms with Crippen molar-refractivity contribution in [2.24, 2.45) is 0 Å². The highest BCUT2D eigenvalue weighted by molar-refractivity contribution is 5.62. The molecule has 0 radical (unpaired) electrons. The van der Waals surface area contributed by atoms with Crippen molar-refractivity contribution in [2.45, 2.75) is 6.92 Å². The van der Waals surface area contributed by atoms with Gasteiger partial charge in [-0.2, -0.15) is 4.98 Å². The summed E-state index contributed by atoms with van der Waals surface area (Å²) in [5.74, 6) is 1.18. The Morgan fingerprint density at radius 2 is 1.89 bits per heavy atom. The predicted molar refractivity (Wildman–Crippen MR) is 68.0 cm³/mol. The first-order valence-electron chi connectivity index (χ1n) is 5.56. The van der Waals surface area contributed by atoms with Crippen molar-refractivity contribution in [3.8, 4) is 23.3 Å². The molecule has 0 atom stereocenters. The lowest BCUT2D eigenvalue weighted by atomic mass is 10.3. The van der Waals surface area contributed by atoms with Crippen LogP contribution in [0.2, 0.25) is 0 Å². The number of rotatable bonds is 4. The van der Waals surface area contributed by atoms with E-state index in [1.807, 2.05) is 6.92 Å². The minimum absolute atomic E-state index is 0.0199. The van der Waals surface area contributed by atoms with Crippen LogP contribution >= 0.6 is 0 Å². The second kappa shape index (κ2) is 5.27. The van der Waals surface area contributed by atoms with Crippen LogP contribution in [0.25, 0.3) is 0 Å². The number of benzene rings is 1. The summed E-state index contributed by atoms with van der Waals surface area (Å²) in [5, 5.41) is 9.47. The average molecular weight is 246 g/mol. The number of phenols is 1. The summed E-state index contributed by atoms with van der Waals surface area (Å²) in [4.78, 5) is 4.15. The second-order valence-corrected chi connectivity index (χ2v) is 3.54. The number of nitrogens with two attached hydrogens (primary N) is 1. The smallest absolute Gasteiger partial charge is 0.222 e. The molecule has 0 bridgehead atoms. The summed E-state index contributed by atoms with van der Waals surface area (Å²) in [5.41, 5.74) is 5.87. The van der Waals surface area contributed by atoms with Gasteiger partial charge in [0.2, 0.25) is 11.8 Å². The molecule has 94 valence electrons. The van der Waals surface area contributed by atoms with Crippen molar-refractivity contribution < 1.29 is 14.6 Å². The minimum atomic E-state index is -0.0199. The molecule has 2 aromatic rings. The molecule has 0 unspecified atom stereocenters. The first kappa shape index (κ1) is 12.0. The Balaban J connectivity index is 2.23. The maximum Gasteiger partial charge on any atom is 0.222 e. The van der Waals surface area contributed by atoms with Crippen LogP contribution in [-0.4, -0.2) is 16.7 Å². The molecule has 0 aliphatic carbocycles. The molecular weight excluding hydrogens is 232 g/mol. The van der Waals surface area contributed by atoms with Crippen LogP contribution < -0.4 is 15.2 Å². The van der Waals surface area contributed by atoms with Crippen molar-refractivity contribution in [1.82, 2.24) is 4.98 Å². The number of phenolic OH excluding ortho intramolecular Hbond substituents is 1. The average Bonchev–Trinajstić information content (AvgIpc) is 2.36. The van der Waals surface area contributed by atoms with Crippen LogP contribution in [-0.2, 0) is 0 Å². The molecule has 0 saturated carbocycles. The molecule has 0 aliphatic rings. The van der Waals surface area contributed by atoms with E-state index in [4.69, 9.17) is 15.2 Å². The van der Waals surface area contributed by atoms with Gasteiger partial charge < -0.3 is 20.3 Å². The van der Waals surface area contributed by atoms with Gasteiger partial charge in [0.25, 0.3) is 0 Å². The Morgan fingerprint density at radius 3 is 2.67 bits per heavy atom. The van der Waals surface area contributed by atoms with Gasteiger partial charge in [0, 0.05) is 12.1 Å². The molecule has 0 amide bonds. The number of aromatic hydroxyl groups is 1. The molecule has 1 heterocycles. The van der Waals surface area contributed by atoms with Gasteiger partial charge in [-0.3, -0.25) is 0 Å². The standard InChI is InChI=1S/C13H14N2O3/c1-2-17-11-7-4-8-12(15-11)18-10-6-3-5-9(16)13(10)14/h3-8,16H,2,14H2,1H3. The van der Waals surface area contributed by atoms with Crippen molar-refractivity contribution >= 4 is 5.69 Å². The fourth-order valence-corrected chi connectivity index (χ4v) is 1.42. The molecular formula is C13H14N2O3. The number of para-hydroxylation sites is 1. The third-order valence-corrected chi connectivity index (χ3v) is 2.25. The molecule has 5 heteroatoms. The van der Waals surface area contributed by atoms with E-state index < -0.39 is 0 Å². The van der Waals surface area contributed by atoms with E-state index in [0.717, 1.165) is 0 Å². The Bertz CT molecular complexity index is 544. The molecule has 1 aromatic heterocycles. The van der Waals surface area contributed by atoms with E-state index in [1.165, 1.54) is 6.07 Å². The quantitative estimate of drug-likeness (QED) is 0.640. The lowest BCUT2D eigenvalue weighted by Gasteiger charge is -2.09. The largest absolute Gasteiger partial charge is 0.506 e. The first-order valence-corrected chi connectivity index (χ1v) is 5.56. The van der Waals surface area contributed by atoms with Crippen molar-refractivity contribution in [3.05, 3.63) is 36.4 Å². The number of ether oxygens (including phenoxy) is 2. The molecule has 1 aromatic carbocycles. The van der Waals surface area contributed by atoms with Gasteiger partial charge in [0.15, 0.2) is 5.75 Å². The third-order valence-electron chi connectivity index (χ3n) is 2.25. The number of hydrogen-bond donors (Lipinski definition) is 2. The highest BCUT2D eigenvalue weighted by Crippen LogP contribution is 2.33. The van der Waals surface area contributed by atoms with Gasteiger partial charge in [0.05, 0.1) is 6.61 Å². The zero-order valence-electron chi connectivity index (χ0n) is 9.96. The van der Waals surface area contributed by atoms with Gasteiger partial charge in [-0.1, -0.05) is 12.1 Å². The monoisotopic (exact) mass is 246 g/mol. The zero-order valence-corrected chi connectivity index (χ0v) is 9.96. The van der Waals surface area contributed by atoms with Crippen LogP contribution in [0.15, 0.2) is 36.4 Å². The summed E-state index contributed by atoms with van der Waals surface area (Å²) < 4.78 is 10.8. The van der Waals surface area contributed by atoms with E-state index >= 15 is 0 Å². The van der Waals surface area contributed by atoms with Crippen LogP contribution in [0.4, 0.5) is 5.69 Å². The fraction of sp³-hybridized carbons (Fsp3) is 0.154. The molecule has 18 heavy (non-hydrogen) atoms. The normalized spacial score (nSPS) is 10.1. The van der Waals surface area contributed by atoms with E-state index in [-0.39, 0.29) is 11.4 Å². The van der Waals surface area contributed by atoms with Gasteiger partial charge >= 0.3 is 0 Å². The molecule has 5 nitrogen and oxygen atoms in total. The number of anilines is 1. The van der Waals surface area contributed by atoms with E-state index in [1.54, 1.807) is 30.3 Å². The highest BCUT2D eigenvalue weighted by atomic mass is 16.5. The van der Waals surface area contributed by atoms with Crippen molar-refractivity contribution in [1.29, 1.82) is 0 Å². The summed E-state index contributed by atoms with van der Waals surface area (Å²) in [6.45, 7) is 2.41. The molecule has 0 aliphatic heterocycles. The number of pyridine rings is 1. The second-order valence-electron chi connectivity index (χ2n) is 3.54. The lowest BCUT2D eigenvalue weighted by molar-refractivity contribution is 0.321. The van der Waals surface area contributed by atoms with E-state index in [9.17, 15) is 5.11 Å². The van der Waals surface area contributed by atoms with Gasteiger partial charge in [-0.05, 0) is 19.1 Å². The SMILES string of the molecule is CCOc1cccc(Oc2cccc(O)c2N)n1.